The maximum absolute atomic E-state index is 12.9. The van der Waals surface area contributed by atoms with Gasteiger partial charge in [0, 0.05) is 31.4 Å². The SMILES string of the molecule is C=C(/C=C\C(=C(/C)CC)N1CCC(C)C1)C(=C)NCC(C)(F)F. The van der Waals surface area contributed by atoms with Crippen molar-refractivity contribution in [3.8, 4) is 0 Å². The number of halogens is 2. The van der Waals surface area contributed by atoms with E-state index in [2.05, 4.69) is 44.1 Å². The minimum atomic E-state index is -2.76. The van der Waals surface area contributed by atoms with Crippen molar-refractivity contribution in [3.63, 3.8) is 0 Å². The Balaban J connectivity index is 2.74. The Morgan fingerprint density at radius 2 is 2.00 bits per heavy atom. The molecule has 1 rings (SSSR count). The molecule has 23 heavy (non-hydrogen) atoms. The van der Waals surface area contributed by atoms with Crippen LogP contribution in [0.1, 0.15) is 40.5 Å². The molecule has 1 saturated heterocycles. The molecule has 0 radical (unpaired) electrons. The Morgan fingerprint density at radius 1 is 1.35 bits per heavy atom. The first-order chi connectivity index (χ1) is 10.6. The smallest absolute Gasteiger partial charge is 0.262 e. The first kappa shape index (κ1) is 19.5. The molecular weight excluding hydrogens is 294 g/mol. The Hall–Kier alpha value is -1.58. The lowest BCUT2D eigenvalue weighted by Crippen LogP contribution is -2.29. The molecule has 1 aliphatic rings. The number of hydrogen-bond donors (Lipinski definition) is 1. The van der Waals surface area contributed by atoms with E-state index < -0.39 is 12.5 Å². The van der Waals surface area contributed by atoms with Gasteiger partial charge in [0.1, 0.15) is 0 Å². The number of likely N-dealkylation sites (tertiary alicyclic amines) is 1. The standard InChI is InChI=1S/C19H30F2N2/c1-7-15(3)18(23-11-10-14(2)12-23)9-8-16(4)17(5)22-13-19(6,20)21/h8-9,14,22H,4-5,7,10-13H2,1-3,6H3/b9-8-,18-15-. The molecule has 0 saturated carbocycles. The summed E-state index contributed by atoms with van der Waals surface area (Å²) in [5.41, 5.74) is 3.60. The van der Waals surface area contributed by atoms with E-state index in [4.69, 9.17) is 0 Å². The molecular formula is C19H30F2N2. The van der Waals surface area contributed by atoms with Gasteiger partial charge >= 0.3 is 0 Å². The predicted octanol–water partition coefficient (Wildman–Crippen LogP) is 4.88. The zero-order valence-corrected chi connectivity index (χ0v) is 14.9. The van der Waals surface area contributed by atoms with Crippen molar-refractivity contribution in [1.82, 2.24) is 10.2 Å². The van der Waals surface area contributed by atoms with E-state index in [9.17, 15) is 8.78 Å². The van der Waals surface area contributed by atoms with Gasteiger partial charge in [-0.2, -0.15) is 0 Å². The summed E-state index contributed by atoms with van der Waals surface area (Å²) < 4.78 is 25.8. The molecule has 1 heterocycles. The van der Waals surface area contributed by atoms with Gasteiger partial charge in [-0.15, -0.1) is 0 Å². The number of nitrogens with zero attached hydrogens (tertiary/aromatic N) is 1. The van der Waals surface area contributed by atoms with Crippen LogP contribution in [0.2, 0.25) is 0 Å². The second-order valence-corrected chi connectivity index (χ2v) is 6.62. The normalized spacial score (nSPS) is 19.9. The van der Waals surface area contributed by atoms with Gasteiger partial charge in [0.15, 0.2) is 0 Å². The van der Waals surface area contributed by atoms with Crippen LogP contribution in [0.15, 0.2) is 47.9 Å². The van der Waals surface area contributed by atoms with Crippen LogP contribution < -0.4 is 5.32 Å². The summed E-state index contributed by atoms with van der Waals surface area (Å²) in [4.78, 5) is 2.39. The Labute approximate surface area is 139 Å². The van der Waals surface area contributed by atoms with Crippen molar-refractivity contribution >= 4 is 0 Å². The molecule has 0 aromatic heterocycles. The van der Waals surface area contributed by atoms with E-state index in [-0.39, 0.29) is 0 Å². The van der Waals surface area contributed by atoms with E-state index in [0.29, 0.717) is 17.2 Å². The van der Waals surface area contributed by atoms with Crippen molar-refractivity contribution < 1.29 is 8.78 Å². The number of alkyl halides is 2. The van der Waals surface area contributed by atoms with Crippen molar-refractivity contribution in [2.75, 3.05) is 19.6 Å². The highest BCUT2D eigenvalue weighted by Crippen LogP contribution is 2.24. The van der Waals surface area contributed by atoms with Crippen LogP contribution >= 0.6 is 0 Å². The van der Waals surface area contributed by atoms with Gasteiger partial charge in [-0.3, -0.25) is 0 Å². The summed E-state index contributed by atoms with van der Waals surface area (Å²) in [7, 11) is 0. The van der Waals surface area contributed by atoms with E-state index in [1.54, 1.807) is 0 Å². The largest absolute Gasteiger partial charge is 0.379 e. The van der Waals surface area contributed by atoms with E-state index in [1.807, 2.05) is 12.2 Å². The quantitative estimate of drug-likeness (QED) is 0.640. The van der Waals surface area contributed by atoms with Crippen LogP contribution in [0.25, 0.3) is 0 Å². The molecule has 1 fully saturated rings. The number of allylic oxidation sites excluding steroid dienone is 3. The molecule has 1 atom stereocenters. The van der Waals surface area contributed by atoms with Gasteiger partial charge in [-0.25, -0.2) is 8.78 Å². The van der Waals surface area contributed by atoms with E-state index in [1.165, 1.54) is 17.7 Å². The maximum atomic E-state index is 12.9. The van der Waals surface area contributed by atoms with Crippen LogP contribution in [0.4, 0.5) is 8.78 Å². The third kappa shape index (κ3) is 6.59. The molecule has 2 nitrogen and oxygen atoms in total. The lowest BCUT2D eigenvalue weighted by Gasteiger charge is -2.22. The van der Waals surface area contributed by atoms with Gasteiger partial charge in [-0.05, 0) is 37.3 Å². The zero-order valence-electron chi connectivity index (χ0n) is 14.9. The van der Waals surface area contributed by atoms with Gasteiger partial charge < -0.3 is 10.2 Å². The van der Waals surface area contributed by atoms with E-state index >= 15 is 0 Å². The van der Waals surface area contributed by atoms with Crippen molar-refractivity contribution in [1.29, 1.82) is 0 Å². The molecule has 0 aromatic carbocycles. The number of nitrogens with one attached hydrogen (secondary N) is 1. The molecule has 1 N–H and O–H groups in total. The minimum Gasteiger partial charge on any atom is -0.379 e. The van der Waals surface area contributed by atoms with Crippen molar-refractivity contribution in [3.05, 3.63) is 47.9 Å². The highest BCUT2D eigenvalue weighted by molar-refractivity contribution is 5.38. The summed E-state index contributed by atoms with van der Waals surface area (Å²) in [6.07, 6.45) is 6.09. The van der Waals surface area contributed by atoms with Gasteiger partial charge in [-0.1, -0.05) is 38.7 Å². The highest BCUT2D eigenvalue weighted by Gasteiger charge is 2.21. The molecule has 0 amide bonds. The molecule has 130 valence electrons. The topological polar surface area (TPSA) is 15.3 Å². The van der Waals surface area contributed by atoms with E-state index in [0.717, 1.165) is 26.4 Å². The van der Waals surface area contributed by atoms with Crippen LogP contribution in [0, 0.1) is 5.92 Å². The average Bonchev–Trinajstić information content (AvgIpc) is 2.89. The van der Waals surface area contributed by atoms with Crippen molar-refractivity contribution in [2.45, 2.75) is 46.5 Å². The summed E-state index contributed by atoms with van der Waals surface area (Å²) in [5.74, 6) is -2.06. The maximum Gasteiger partial charge on any atom is 0.262 e. The number of rotatable bonds is 8. The second kappa shape index (κ2) is 8.32. The second-order valence-electron chi connectivity index (χ2n) is 6.62. The first-order valence-corrected chi connectivity index (χ1v) is 8.26. The summed E-state index contributed by atoms with van der Waals surface area (Å²) in [6, 6.07) is 0. The Bertz CT molecular complexity index is 498. The molecule has 1 aliphatic heterocycles. The monoisotopic (exact) mass is 324 g/mol. The molecule has 0 aliphatic carbocycles. The lowest BCUT2D eigenvalue weighted by molar-refractivity contribution is 0.0254. The van der Waals surface area contributed by atoms with Crippen LogP contribution in [-0.2, 0) is 0 Å². The fourth-order valence-corrected chi connectivity index (χ4v) is 2.51. The highest BCUT2D eigenvalue weighted by atomic mass is 19.3. The third-order valence-electron chi connectivity index (χ3n) is 4.17. The minimum absolute atomic E-state index is 0.432. The molecule has 1 unspecified atom stereocenters. The molecule has 0 aromatic rings. The van der Waals surface area contributed by atoms with Crippen LogP contribution in [0.5, 0.6) is 0 Å². The third-order valence-corrected chi connectivity index (χ3v) is 4.17. The van der Waals surface area contributed by atoms with Gasteiger partial charge in [0.25, 0.3) is 5.92 Å². The van der Waals surface area contributed by atoms with Gasteiger partial charge in [0.05, 0.1) is 6.54 Å². The van der Waals surface area contributed by atoms with Crippen LogP contribution in [-0.4, -0.2) is 30.5 Å². The zero-order chi connectivity index (χ0) is 17.6. The fraction of sp³-hybridized carbons (Fsp3) is 0.579. The van der Waals surface area contributed by atoms with Gasteiger partial charge in [0.2, 0.25) is 0 Å². The van der Waals surface area contributed by atoms with Crippen molar-refractivity contribution in [2.24, 2.45) is 5.92 Å². The average molecular weight is 324 g/mol. The fourth-order valence-electron chi connectivity index (χ4n) is 2.51. The number of hydrogen-bond acceptors (Lipinski definition) is 2. The predicted molar refractivity (Wildman–Crippen MR) is 94.4 cm³/mol. The molecule has 0 bridgehead atoms. The Morgan fingerprint density at radius 3 is 2.48 bits per heavy atom. The summed E-state index contributed by atoms with van der Waals surface area (Å²) >= 11 is 0. The molecule has 4 heteroatoms. The van der Waals surface area contributed by atoms with Crippen LogP contribution in [0.3, 0.4) is 0 Å². The molecule has 0 spiro atoms. The lowest BCUT2D eigenvalue weighted by atomic mass is 10.1. The first-order valence-electron chi connectivity index (χ1n) is 8.26. The Kier molecular flexibility index (Phi) is 7.04. The summed E-state index contributed by atoms with van der Waals surface area (Å²) in [5, 5.41) is 2.64. The summed E-state index contributed by atoms with van der Waals surface area (Å²) in [6.45, 7) is 16.8.